The van der Waals surface area contributed by atoms with Crippen molar-refractivity contribution in [3.63, 3.8) is 0 Å². The molecule has 1 fully saturated rings. The van der Waals surface area contributed by atoms with Crippen LogP contribution in [0.15, 0.2) is 24.8 Å². The van der Waals surface area contributed by atoms with Gasteiger partial charge in [0.1, 0.15) is 24.1 Å². The lowest BCUT2D eigenvalue weighted by Gasteiger charge is -2.34. The normalized spacial score (nSPS) is 18.0. The van der Waals surface area contributed by atoms with Gasteiger partial charge in [0, 0.05) is 44.3 Å². The van der Waals surface area contributed by atoms with Gasteiger partial charge in [-0.15, -0.1) is 0 Å². The maximum Gasteiger partial charge on any atom is 0.137 e. The van der Waals surface area contributed by atoms with Gasteiger partial charge in [-0.1, -0.05) is 0 Å². The van der Waals surface area contributed by atoms with Crippen LogP contribution in [-0.4, -0.2) is 37.7 Å². The molecule has 6 nitrogen and oxygen atoms in total. The van der Waals surface area contributed by atoms with Crippen molar-refractivity contribution in [2.24, 2.45) is 13.0 Å². The lowest BCUT2D eigenvalue weighted by molar-refractivity contribution is 0.0824. The third-order valence-corrected chi connectivity index (χ3v) is 4.22. The standard InChI is InChI=1S/C15H21N5O/c1-11-9-13(18-10-17-11)20-6-3-12(4-7-20)14(21)15-16-5-8-19(15)2/h5,8-10,12,14,21H,3-4,6-7H2,1-2H3. The number of hydrogen-bond donors (Lipinski definition) is 1. The summed E-state index contributed by atoms with van der Waals surface area (Å²) in [7, 11) is 1.92. The predicted octanol–water partition coefficient (Wildman–Crippen LogP) is 1.47. The van der Waals surface area contributed by atoms with Gasteiger partial charge in [-0.3, -0.25) is 0 Å². The maximum absolute atomic E-state index is 10.5. The molecule has 1 aliphatic heterocycles. The van der Waals surface area contributed by atoms with Gasteiger partial charge in [-0.05, 0) is 25.7 Å². The molecule has 0 aliphatic carbocycles. The summed E-state index contributed by atoms with van der Waals surface area (Å²) in [6.45, 7) is 3.79. The monoisotopic (exact) mass is 287 g/mol. The second-order valence-corrected chi connectivity index (χ2v) is 5.68. The Balaban J connectivity index is 1.64. The molecule has 3 heterocycles. The van der Waals surface area contributed by atoms with Crippen molar-refractivity contribution in [1.29, 1.82) is 0 Å². The molecular formula is C15H21N5O. The fourth-order valence-corrected chi connectivity index (χ4v) is 2.93. The molecule has 6 heteroatoms. The summed E-state index contributed by atoms with van der Waals surface area (Å²) in [6, 6.07) is 2.01. The van der Waals surface area contributed by atoms with Gasteiger partial charge in [-0.2, -0.15) is 0 Å². The maximum atomic E-state index is 10.5. The second kappa shape index (κ2) is 5.81. The first-order valence-corrected chi connectivity index (χ1v) is 7.34. The van der Waals surface area contributed by atoms with Crippen molar-refractivity contribution in [2.75, 3.05) is 18.0 Å². The Hall–Kier alpha value is -1.95. The van der Waals surface area contributed by atoms with Crippen LogP contribution in [0.1, 0.15) is 30.5 Å². The fourth-order valence-electron chi connectivity index (χ4n) is 2.93. The molecule has 1 aliphatic rings. The van der Waals surface area contributed by atoms with Crippen LogP contribution in [0.2, 0.25) is 0 Å². The van der Waals surface area contributed by atoms with Gasteiger partial charge in [0.25, 0.3) is 0 Å². The molecule has 2 aromatic heterocycles. The first kappa shape index (κ1) is 14.0. The third kappa shape index (κ3) is 2.90. The second-order valence-electron chi connectivity index (χ2n) is 5.68. The van der Waals surface area contributed by atoms with Gasteiger partial charge < -0.3 is 14.6 Å². The topological polar surface area (TPSA) is 67.1 Å². The summed E-state index contributed by atoms with van der Waals surface area (Å²) in [5, 5.41) is 10.5. The summed E-state index contributed by atoms with van der Waals surface area (Å²) in [4.78, 5) is 15.0. The Morgan fingerprint density at radius 1 is 1.24 bits per heavy atom. The number of anilines is 1. The number of aliphatic hydroxyl groups is 1. The molecule has 1 N–H and O–H groups in total. The third-order valence-electron chi connectivity index (χ3n) is 4.22. The van der Waals surface area contributed by atoms with Gasteiger partial charge in [-0.25, -0.2) is 15.0 Å². The molecule has 2 aromatic rings. The lowest BCUT2D eigenvalue weighted by Crippen LogP contribution is -2.36. The fraction of sp³-hybridized carbons (Fsp3) is 0.533. The molecule has 0 radical (unpaired) electrons. The highest BCUT2D eigenvalue weighted by molar-refractivity contribution is 5.39. The molecule has 0 amide bonds. The molecule has 1 atom stereocenters. The molecule has 112 valence electrons. The van der Waals surface area contributed by atoms with E-state index in [9.17, 15) is 5.11 Å². The number of piperidine rings is 1. The van der Waals surface area contributed by atoms with Crippen LogP contribution in [-0.2, 0) is 7.05 Å². The Bertz CT molecular complexity index is 604. The molecule has 0 aromatic carbocycles. The van der Waals surface area contributed by atoms with Gasteiger partial charge in [0.05, 0.1) is 0 Å². The van der Waals surface area contributed by atoms with E-state index in [-0.39, 0.29) is 5.92 Å². The molecule has 0 saturated carbocycles. The SMILES string of the molecule is Cc1cc(N2CCC(C(O)c3nccn3C)CC2)ncn1. The van der Waals surface area contributed by atoms with E-state index in [1.807, 2.05) is 30.8 Å². The van der Waals surface area contributed by atoms with Crippen LogP contribution < -0.4 is 4.90 Å². The minimum absolute atomic E-state index is 0.255. The molecule has 1 unspecified atom stereocenters. The van der Waals surface area contributed by atoms with E-state index in [1.54, 1.807) is 12.5 Å². The zero-order chi connectivity index (χ0) is 14.8. The Labute approximate surface area is 124 Å². The Morgan fingerprint density at radius 3 is 2.62 bits per heavy atom. The van der Waals surface area contributed by atoms with Crippen LogP contribution in [0, 0.1) is 12.8 Å². The molecule has 1 saturated heterocycles. The van der Waals surface area contributed by atoms with Crippen molar-refractivity contribution in [1.82, 2.24) is 19.5 Å². The van der Waals surface area contributed by atoms with E-state index in [1.165, 1.54) is 0 Å². The number of aromatic nitrogens is 4. The zero-order valence-electron chi connectivity index (χ0n) is 12.5. The summed E-state index contributed by atoms with van der Waals surface area (Å²) in [5.41, 5.74) is 0.982. The highest BCUT2D eigenvalue weighted by Gasteiger charge is 2.28. The number of nitrogens with zero attached hydrogens (tertiary/aromatic N) is 5. The molecule has 3 rings (SSSR count). The number of rotatable bonds is 3. The lowest BCUT2D eigenvalue weighted by atomic mass is 9.90. The van der Waals surface area contributed by atoms with Crippen LogP contribution in [0.4, 0.5) is 5.82 Å². The smallest absolute Gasteiger partial charge is 0.137 e. The van der Waals surface area contributed by atoms with E-state index in [4.69, 9.17) is 0 Å². The molecular weight excluding hydrogens is 266 g/mol. The van der Waals surface area contributed by atoms with Crippen LogP contribution >= 0.6 is 0 Å². The van der Waals surface area contributed by atoms with Gasteiger partial charge in [0.2, 0.25) is 0 Å². The summed E-state index contributed by atoms with van der Waals surface area (Å²) in [5.74, 6) is 1.99. The van der Waals surface area contributed by atoms with Crippen molar-refractivity contribution >= 4 is 5.82 Å². The van der Waals surface area contributed by atoms with E-state index < -0.39 is 6.10 Å². The molecule has 21 heavy (non-hydrogen) atoms. The van der Waals surface area contributed by atoms with Crippen molar-refractivity contribution in [3.05, 3.63) is 36.3 Å². The number of hydrogen-bond acceptors (Lipinski definition) is 5. The minimum Gasteiger partial charge on any atom is -0.385 e. The molecule has 0 bridgehead atoms. The number of aliphatic hydroxyl groups excluding tert-OH is 1. The summed E-state index contributed by atoms with van der Waals surface area (Å²) >= 11 is 0. The van der Waals surface area contributed by atoms with Crippen LogP contribution in [0.3, 0.4) is 0 Å². The molecule has 0 spiro atoms. The van der Waals surface area contributed by atoms with Crippen molar-refractivity contribution in [3.8, 4) is 0 Å². The van der Waals surface area contributed by atoms with Crippen LogP contribution in [0.25, 0.3) is 0 Å². The highest BCUT2D eigenvalue weighted by atomic mass is 16.3. The zero-order valence-corrected chi connectivity index (χ0v) is 12.5. The number of imidazole rings is 1. The van der Waals surface area contributed by atoms with E-state index in [0.717, 1.165) is 43.3 Å². The van der Waals surface area contributed by atoms with E-state index in [2.05, 4.69) is 19.9 Å². The largest absolute Gasteiger partial charge is 0.385 e. The van der Waals surface area contributed by atoms with Crippen molar-refractivity contribution in [2.45, 2.75) is 25.9 Å². The predicted molar refractivity (Wildman–Crippen MR) is 79.9 cm³/mol. The Kier molecular flexibility index (Phi) is 3.88. The van der Waals surface area contributed by atoms with Crippen LogP contribution in [0.5, 0.6) is 0 Å². The van der Waals surface area contributed by atoms with Gasteiger partial charge >= 0.3 is 0 Å². The summed E-state index contributed by atoms with van der Waals surface area (Å²) < 4.78 is 1.89. The first-order chi connectivity index (χ1) is 10.1. The van der Waals surface area contributed by atoms with Gasteiger partial charge in [0.15, 0.2) is 0 Å². The van der Waals surface area contributed by atoms with E-state index >= 15 is 0 Å². The van der Waals surface area contributed by atoms with Crippen molar-refractivity contribution < 1.29 is 5.11 Å². The quantitative estimate of drug-likeness (QED) is 0.926. The summed E-state index contributed by atoms with van der Waals surface area (Å²) in [6.07, 6.45) is 6.61. The highest BCUT2D eigenvalue weighted by Crippen LogP contribution is 2.31. The average Bonchev–Trinajstić information content (AvgIpc) is 2.93. The van der Waals surface area contributed by atoms with E-state index in [0.29, 0.717) is 0 Å². The minimum atomic E-state index is -0.487. The number of aryl methyl sites for hydroxylation is 2. The first-order valence-electron chi connectivity index (χ1n) is 7.34. The average molecular weight is 287 g/mol. The Morgan fingerprint density at radius 2 is 2.00 bits per heavy atom.